The summed E-state index contributed by atoms with van der Waals surface area (Å²) < 4.78 is 131. The van der Waals surface area contributed by atoms with Crippen molar-refractivity contribution >= 4 is 109 Å². The number of nitrogens with one attached hydrogen (secondary N) is 2. The molecule has 0 radical (unpaired) electrons. The molecule has 0 atom stereocenters. The third kappa shape index (κ3) is 8.31. The van der Waals surface area contributed by atoms with Crippen LogP contribution in [0.1, 0.15) is 63.7 Å². The first-order chi connectivity index (χ1) is 30.6. The monoisotopic (exact) mass is 978 g/mol. The zero-order valence-corrected chi connectivity index (χ0v) is 36.1. The molecule has 8 rings (SSSR count). The van der Waals surface area contributed by atoms with Crippen molar-refractivity contribution in [3.63, 3.8) is 0 Å². The van der Waals surface area contributed by atoms with Crippen molar-refractivity contribution in [3.05, 3.63) is 142 Å². The van der Waals surface area contributed by atoms with Gasteiger partial charge in [0.2, 0.25) is 0 Å². The van der Waals surface area contributed by atoms with Gasteiger partial charge < -0.3 is 33.6 Å². The first-order valence-corrected chi connectivity index (χ1v) is 23.9. The predicted molar refractivity (Wildman–Crippen MR) is 236 cm³/mol. The zero-order chi connectivity index (χ0) is 48.6. The van der Waals surface area contributed by atoms with Crippen molar-refractivity contribution in [2.45, 2.75) is 19.6 Å². The van der Waals surface area contributed by atoms with Gasteiger partial charge in [-0.15, -0.1) is 0 Å². The van der Waals surface area contributed by atoms with Crippen LogP contribution in [0.25, 0.3) is 0 Å². The third-order valence-electron chi connectivity index (χ3n) is 10.1. The minimum absolute atomic E-state index is 0.00119. The molecule has 66 heavy (non-hydrogen) atoms. The Kier molecular flexibility index (Phi) is 11.4. The van der Waals surface area contributed by atoms with E-state index in [1.54, 1.807) is 6.07 Å². The molecule has 0 heterocycles. The minimum atomic E-state index is -4.92. The number of nitrogen functional groups attached to an aromatic ring is 4. The highest BCUT2D eigenvalue weighted by molar-refractivity contribution is 7.86. The molecule has 0 aromatic heterocycles. The Labute approximate surface area is 373 Å². The molecule has 22 nitrogen and oxygen atoms in total. The number of ketones is 4. The van der Waals surface area contributed by atoms with E-state index in [4.69, 9.17) is 22.9 Å². The van der Waals surface area contributed by atoms with E-state index >= 15 is 0 Å². The largest absolute Gasteiger partial charge is 0.398 e. The lowest BCUT2D eigenvalue weighted by Gasteiger charge is -2.23. The predicted octanol–water partition coefficient (Wildman–Crippen LogP) is 3.73. The van der Waals surface area contributed by atoms with Gasteiger partial charge in [-0.3, -0.25) is 37.4 Å². The molecule has 0 saturated heterocycles. The Balaban J connectivity index is 0.000000196. The second-order valence-electron chi connectivity index (χ2n) is 14.2. The van der Waals surface area contributed by atoms with Gasteiger partial charge in [-0.05, 0) is 48.5 Å². The first kappa shape index (κ1) is 46.4. The first-order valence-electron chi connectivity index (χ1n) is 18.1. The van der Waals surface area contributed by atoms with Crippen LogP contribution in [-0.4, -0.2) is 75.0 Å². The molecule has 6 aromatic carbocycles. The number of benzene rings is 6. The molecule has 0 fully saturated rings. The normalized spacial score (nSPS) is 13.4. The van der Waals surface area contributed by atoms with Gasteiger partial charge >= 0.3 is 0 Å². The molecule has 2 aliphatic rings. The molecular weight excluding hydrogens is 949 g/mol. The second kappa shape index (κ2) is 16.2. The molecule has 340 valence electrons. The lowest BCUT2D eigenvalue weighted by Crippen LogP contribution is -2.25. The maximum Gasteiger partial charge on any atom is 0.296 e. The van der Waals surface area contributed by atoms with Crippen LogP contribution in [0.5, 0.6) is 0 Å². The molecule has 14 N–H and O–H groups in total. The highest BCUT2D eigenvalue weighted by Gasteiger charge is 2.38. The molecule has 0 saturated carbocycles. The Bertz CT molecular complexity index is 3670. The van der Waals surface area contributed by atoms with Gasteiger partial charge in [0.25, 0.3) is 40.5 Å². The smallest absolute Gasteiger partial charge is 0.296 e. The molecular formula is C40H30N6O16S4. The summed E-state index contributed by atoms with van der Waals surface area (Å²) in [6.45, 7) is 0. The maximum atomic E-state index is 13.2. The summed E-state index contributed by atoms with van der Waals surface area (Å²) in [5.74, 6) is -2.73. The number of anilines is 8. The fourth-order valence-electron chi connectivity index (χ4n) is 7.22. The van der Waals surface area contributed by atoms with E-state index in [-0.39, 0.29) is 67.5 Å². The van der Waals surface area contributed by atoms with E-state index in [0.717, 1.165) is 36.4 Å². The van der Waals surface area contributed by atoms with Gasteiger partial charge in [0.05, 0.1) is 56.4 Å². The van der Waals surface area contributed by atoms with E-state index in [1.807, 2.05) is 0 Å². The highest BCUT2D eigenvalue weighted by atomic mass is 32.2. The van der Waals surface area contributed by atoms with Gasteiger partial charge in [0.15, 0.2) is 23.1 Å². The van der Waals surface area contributed by atoms with Gasteiger partial charge in [-0.2, -0.15) is 33.7 Å². The molecule has 0 aliphatic heterocycles. The fraction of sp³-hybridized carbons (Fsp3) is 0. The van der Waals surface area contributed by atoms with Crippen molar-refractivity contribution in [3.8, 4) is 0 Å². The van der Waals surface area contributed by atoms with Crippen LogP contribution >= 0.6 is 0 Å². The summed E-state index contributed by atoms with van der Waals surface area (Å²) in [6.07, 6.45) is 0. The molecule has 0 bridgehead atoms. The summed E-state index contributed by atoms with van der Waals surface area (Å²) >= 11 is 0. The van der Waals surface area contributed by atoms with Crippen LogP contribution in [0.3, 0.4) is 0 Å². The number of hydrogen-bond donors (Lipinski definition) is 10. The van der Waals surface area contributed by atoms with Gasteiger partial charge in [0, 0.05) is 33.6 Å². The van der Waals surface area contributed by atoms with Crippen LogP contribution in [0.4, 0.5) is 45.5 Å². The Hall–Kier alpha value is -7.56. The topological polar surface area (TPSA) is 414 Å². The minimum Gasteiger partial charge on any atom is -0.398 e. The summed E-state index contributed by atoms with van der Waals surface area (Å²) in [5, 5.41) is 5.37. The number of hydrogen-bond acceptors (Lipinski definition) is 18. The number of carbonyl (C=O) groups excluding carboxylic acids is 4. The van der Waals surface area contributed by atoms with Crippen LogP contribution in [0, 0.1) is 0 Å². The average molecular weight is 979 g/mol. The van der Waals surface area contributed by atoms with Crippen LogP contribution < -0.4 is 33.6 Å². The lowest BCUT2D eigenvalue weighted by molar-refractivity contribution is 0.0980. The number of fused-ring (bicyclic) bond motifs is 4. The van der Waals surface area contributed by atoms with Crippen molar-refractivity contribution in [2.24, 2.45) is 0 Å². The molecule has 26 heteroatoms. The maximum absolute atomic E-state index is 13.2. The molecule has 2 aliphatic carbocycles. The Morgan fingerprint density at radius 3 is 1.05 bits per heavy atom. The summed E-state index contributed by atoms with van der Waals surface area (Å²) in [7, 11) is -19.1. The number of carbonyl (C=O) groups is 4. The van der Waals surface area contributed by atoms with E-state index in [2.05, 4.69) is 10.6 Å². The average Bonchev–Trinajstić information content (AvgIpc) is 3.22. The van der Waals surface area contributed by atoms with E-state index in [9.17, 15) is 71.1 Å². The molecule has 6 aromatic rings. The van der Waals surface area contributed by atoms with Crippen LogP contribution in [0.2, 0.25) is 0 Å². The van der Waals surface area contributed by atoms with E-state index < -0.39 is 106 Å². The lowest BCUT2D eigenvalue weighted by atomic mass is 9.82. The van der Waals surface area contributed by atoms with Gasteiger partial charge in [0.1, 0.15) is 19.6 Å². The molecule has 0 spiro atoms. The molecule has 0 amide bonds. The van der Waals surface area contributed by atoms with Crippen LogP contribution in [-0.2, 0) is 40.5 Å². The third-order valence-corrected chi connectivity index (χ3v) is 13.7. The number of rotatable bonds is 8. The van der Waals surface area contributed by atoms with Crippen molar-refractivity contribution in [1.82, 2.24) is 0 Å². The number of nitrogens with two attached hydrogens (primary N) is 4. The summed E-state index contributed by atoms with van der Waals surface area (Å²) in [4.78, 5) is 49.9. The quantitative estimate of drug-likeness (QED) is 0.0766. The SMILES string of the molecule is Nc1cc(Nc2cc(S(=O)(=O)O)c(N)c3c2C(=O)c2ccccc2C3=O)ccc1S(=O)(=O)O.Nc1ccc(Nc2cc(S(=O)(=O)O)c(N)c3c2C(=O)c2ccccc2C3=O)cc1S(=O)(=O)O. The zero-order valence-electron chi connectivity index (χ0n) is 32.9. The van der Waals surface area contributed by atoms with Gasteiger partial charge in [-0.1, -0.05) is 48.5 Å². The van der Waals surface area contributed by atoms with E-state index in [0.29, 0.717) is 0 Å². The highest BCUT2D eigenvalue weighted by Crippen LogP contribution is 2.42. The Morgan fingerprint density at radius 1 is 0.364 bits per heavy atom. The van der Waals surface area contributed by atoms with E-state index in [1.165, 1.54) is 54.6 Å². The fourth-order valence-corrected chi connectivity index (χ4v) is 9.75. The van der Waals surface area contributed by atoms with Crippen molar-refractivity contribution in [2.75, 3.05) is 33.6 Å². The second-order valence-corrected chi connectivity index (χ2v) is 19.8. The van der Waals surface area contributed by atoms with Gasteiger partial charge in [-0.25, -0.2) is 0 Å². The summed E-state index contributed by atoms with van der Waals surface area (Å²) in [5.41, 5.74) is 19.7. The summed E-state index contributed by atoms with van der Waals surface area (Å²) in [6, 6.07) is 20.2. The van der Waals surface area contributed by atoms with Crippen molar-refractivity contribution in [1.29, 1.82) is 0 Å². The Morgan fingerprint density at radius 2 is 0.697 bits per heavy atom. The van der Waals surface area contributed by atoms with Crippen molar-refractivity contribution < 1.29 is 71.1 Å². The molecule has 0 unspecified atom stereocenters. The van der Waals surface area contributed by atoms with Crippen LogP contribution in [0.15, 0.2) is 117 Å². The standard InChI is InChI=1S/2C20H15N3O8S2/c21-12-7-9(5-6-14(12)32(26,27)28)23-13-8-15(33(29,30)31)18(22)17-16(13)19(24)10-3-1-2-4-11(10)20(17)25;21-12-6-5-9(7-14(12)32(26,27)28)23-13-8-15(33(29,30)31)18(22)17-16(13)19(24)10-3-1-2-4-11(10)20(17)25/h2*1-8,23H,21-22H2,(H,26,27,28)(H,29,30,31).